The molecule has 0 bridgehead atoms. The van der Waals surface area contributed by atoms with E-state index in [1.54, 1.807) is 6.20 Å². The average Bonchev–Trinajstić information content (AvgIpc) is 3.50. The summed E-state index contributed by atoms with van der Waals surface area (Å²) in [6.07, 6.45) is 4.99. The van der Waals surface area contributed by atoms with E-state index in [0.717, 1.165) is 30.3 Å². The van der Waals surface area contributed by atoms with Gasteiger partial charge in [0.25, 0.3) is 0 Å². The Hall–Kier alpha value is -3.26. The van der Waals surface area contributed by atoms with Gasteiger partial charge in [-0.1, -0.05) is 25.1 Å². The zero-order valence-electron chi connectivity index (χ0n) is 21.2. The molecule has 2 fully saturated rings. The van der Waals surface area contributed by atoms with Crippen molar-refractivity contribution in [2.75, 3.05) is 19.6 Å². The van der Waals surface area contributed by atoms with Crippen LogP contribution in [0.15, 0.2) is 53.2 Å². The van der Waals surface area contributed by atoms with E-state index in [-0.39, 0.29) is 35.0 Å². The van der Waals surface area contributed by atoms with Gasteiger partial charge >= 0.3 is 0 Å². The fraction of sp³-hybridized carbons (Fsp3) is 0.448. The topological polar surface area (TPSA) is 76.3 Å². The van der Waals surface area contributed by atoms with Crippen LogP contribution in [0.2, 0.25) is 0 Å². The van der Waals surface area contributed by atoms with Crippen molar-refractivity contribution in [1.82, 2.24) is 15.0 Å². The maximum Gasteiger partial charge on any atom is 0.185 e. The molecule has 0 radical (unpaired) electrons. The Kier molecular flexibility index (Phi) is 6.79. The van der Waals surface area contributed by atoms with Crippen molar-refractivity contribution in [3.05, 3.63) is 71.7 Å². The molecule has 0 spiro atoms. The van der Waals surface area contributed by atoms with Crippen LogP contribution < -0.4 is 0 Å². The summed E-state index contributed by atoms with van der Waals surface area (Å²) in [5.74, 6) is -0.856. The predicted molar refractivity (Wildman–Crippen MR) is 134 cm³/mol. The van der Waals surface area contributed by atoms with Gasteiger partial charge in [-0.15, -0.1) is 0 Å². The number of Topliss-reactive ketones (excluding diaryl/α,β-unsaturated/α-hetero) is 2. The molecule has 5 rings (SSSR count). The van der Waals surface area contributed by atoms with Crippen molar-refractivity contribution in [3.63, 3.8) is 0 Å². The summed E-state index contributed by atoms with van der Waals surface area (Å²) in [5, 5.41) is 3.86. The average molecular weight is 508 g/mol. The van der Waals surface area contributed by atoms with Crippen LogP contribution in [0.1, 0.15) is 62.1 Å². The molecule has 1 aliphatic carbocycles. The number of nitrogens with zero attached hydrogens (tertiary/aromatic N) is 3. The number of halogens is 2. The van der Waals surface area contributed by atoms with Crippen molar-refractivity contribution in [1.29, 1.82) is 0 Å². The Balaban J connectivity index is 1.29. The molecule has 37 heavy (non-hydrogen) atoms. The molecule has 0 N–H and O–H groups in total. The summed E-state index contributed by atoms with van der Waals surface area (Å²) < 4.78 is 32.7. The Bertz CT molecular complexity index is 1290. The minimum atomic E-state index is -0.789. The van der Waals surface area contributed by atoms with Crippen molar-refractivity contribution in [2.45, 2.75) is 51.4 Å². The highest BCUT2D eigenvalue weighted by molar-refractivity contribution is 5.96. The molecule has 1 saturated carbocycles. The van der Waals surface area contributed by atoms with Crippen molar-refractivity contribution in [3.8, 4) is 11.3 Å². The molecule has 1 aliphatic heterocycles. The second-order valence-corrected chi connectivity index (χ2v) is 11.4. The van der Waals surface area contributed by atoms with Crippen molar-refractivity contribution < 1.29 is 22.9 Å². The van der Waals surface area contributed by atoms with E-state index in [0.29, 0.717) is 25.9 Å². The van der Waals surface area contributed by atoms with Gasteiger partial charge in [0.05, 0.1) is 5.56 Å². The van der Waals surface area contributed by atoms with Crippen LogP contribution in [0.25, 0.3) is 11.3 Å². The molecule has 1 aromatic carbocycles. The van der Waals surface area contributed by atoms with Crippen molar-refractivity contribution in [2.24, 2.45) is 11.3 Å². The number of hydrogen-bond acceptors (Lipinski definition) is 6. The van der Waals surface area contributed by atoms with E-state index in [1.165, 1.54) is 25.0 Å². The number of pyridine rings is 1. The molecule has 3 heterocycles. The van der Waals surface area contributed by atoms with Crippen LogP contribution in [0.3, 0.4) is 0 Å². The highest BCUT2D eigenvalue weighted by Gasteiger charge is 2.47. The van der Waals surface area contributed by atoms with Crippen LogP contribution >= 0.6 is 0 Å². The first-order valence-corrected chi connectivity index (χ1v) is 12.7. The standard InChI is InChI=1S/C29H31F2N3O3/c1-28(2,27-5-3-4-10-32-27)13-21(35)14-29(17-34(18-29)16-19-6-7-19)15-25(36)24-12-26(37-33-24)22-9-8-20(30)11-23(22)31/h3-5,8-12,19H,6-7,13-18H2,1-2H3. The van der Waals surface area contributed by atoms with Gasteiger partial charge in [-0.05, 0) is 43.0 Å². The highest BCUT2D eigenvalue weighted by atomic mass is 19.1. The monoisotopic (exact) mass is 507 g/mol. The van der Waals surface area contributed by atoms with E-state index < -0.39 is 22.5 Å². The molecular formula is C29H31F2N3O3. The lowest BCUT2D eigenvalue weighted by Gasteiger charge is -2.50. The molecular weight excluding hydrogens is 476 g/mol. The van der Waals surface area contributed by atoms with Gasteiger partial charge in [0, 0.05) is 73.8 Å². The summed E-state index contributed by atoms with van der Waals surface area (Å²) in [5.41, 5.74) is 0.0968. The largest absolute Gasteiger partial charge is 0.355 e. The molecule has 2 aromatic heterocycles. The third-order valence-corrected chi connectivity index (χ3v) is 7.43. The van der Waals surface area contributed by atoms with Gasteiger partial charge in [0.1, 0.15) is 23.1 Å². The number of carbonyl (C=O) groups excluding carboxylic acids is 2. The smallest absolute Gasteiger partial charge is 0.185 e. The number of likely N-dealkylation sites (tertiary alicyclic amines) is 1. The zero-order chi connectivity index (χ0) is 26.2. The number of carbonyl (C=O) groups is 2. The van der Waals surface area contributed by atoms with Crippen LogP contribution in [0, 0.1) is 23.0 Å². The van der Waals surface area contributed by atoms with Crippen LogP contribution in [-0.2, 0) is 10.2 Å². The maximum atomic E-state index is 14.2. The third-order valence-electron chi connectivity index (χ3n) is 7.43. The maximum absolute atomic E-state index is 14.2. The van der Waals surface area contributed by atoms with Crippen molar-refractivity contribution >= 4 is 11.6 Å². The summed E-state index contributed by atoms with van der Waals surface area (Å²) in [6, 6.07) is 10.2. The fourth-order valence-corrected chi connectivity index (χ4v) is 5.46. The third kappa shape index (κ3) is 5.85. The summed E-state index contributed by atoms with van der Waals surface area (Å²) in [7, 11) is 0. The lowest BCUT2D eigenvalue weighted by Crippen LogP contribution is -2.58. The summed E-state index contributed by atoms with van der Waals surface area (Å²) >= 11 is 0. The van der Waals surface area contributed by atoms with Gasteiger partial charge in [-0.2, -0.15) is 0 Å². The van der Waals surface area contributed by atoms with Crippen LogP contribution in [0.4, 0.5) is 8.78 Å². The van der Waals surface area contributed by atoms with E-state index >= 15 is 0 Å². The second kappa shape index (κ2) is 9.89. The number of benzene rings is 1. The zero-order valence-corrected chi connectivity index (χ0v) is 21.2. The molecule has 2 aliphatic rings. The Morgan fingerprint density at radius 1 is 1.11 bits per heavy atom. The molecule has 194 valence electrons. The molecule has 3 aromatic rings. The minimum absolute atomic E-state index is 0.0360. The Labute approximate surface area is 215 Å². The normalized spacial score (nSPS) is 17.4. The first-order chi connectivity index (χ1) is 17.6. The first-order valence-electron chi connectivity index (χ1n) is 12.7. The number of hydrogen-bond donors (Lipinski definition) is 0. The lowest BCUT2D eigenvalue weighted by molar-refractivity contribution is -0.126. The van der Waals surface area contributed by atoms with E-state index in [2.05, 4.69) is 15.0 Å². The molecule has 0 unspecified atom stereocenters. The summed E-state index contributed by atoms with van der Waals surface area (Å²) in [6.45, 7) is 6.39. The Morgan fingerprint density at radius 2 is 1.89 bits per heavy atom. The van der Waals surface area contributed by atoms with Gasteiger partial charge in [0.2, 0.25) is 0 Å². The highest BCUT2D eigenvalue weighted by Crippen LogP contribution is 2.43. The predicted octanol–water partition coefficient (Wildman–Crippen LogP) is 5.63. The van der Waals surface area contributed by atoms with Crippen LogP contribution in [-0.4, -0.2) is 46.2 Å². The second-order valence-electron chi connectivity index (χ2n) is 11.4. The van der Waals surface area contributed by atoms with E-state index in [1.807, 2.05) is 32.0 Å². The first kappa shape index (κ1) is 25.4. The Morgan fingerprint density at radius 3 is 2.57 bits per heavy atom. The van der Waals surface area contributed by atoms with Gasteiger partial charge in [-0.3, -0.25) is 14.6 Å². The lowest BCUT2D eigenvalue weighted by atomic mass is 9.69. The molecule has 6 nitrogen and oxygen atoms in total. The summed E-state index contributed by atoms with van der Waals surface area (Å²) in [4.78, 5) is 33.3. The van der Waals surface area contributed by atoms with Gasteiger partial charge in [0.15, 0.2) is 11.5 Å². The molecule has 0 atom stereocenters. The van der Waals surface area contributed by atoms with E-state index in [9.17, 15) is 18.4 Å². The number of rotatable bonds is 11. The van der Waals surface area contributed by atoms with Gasteiger partial charge < -0.3 is 9.42 Å². The molecule has 1 saturated heterocycles. The number of aromatic nitrogens is 2. The van der Waals surface area contributed by atoms with E-state index in [4.69, 9.17) is 4.52 Å². The SMILES string of the molecule is CC(C)(CC(=O)CC1(CC(=O)c2cc(-c3ccc(F)cc3F)on2)CN(CC2CC2)C1)c1ccccn1. The van der Waals surface area contributed by atoms with Gasteiger partial charge in [-0.25, -0.2) is 8.78 Å². The minimum Gasteiger partial charge on any atom is -0.355 e. The number of ketones is 2. The molecule has 8 heteroatoms. The van der Waals surface area contributed by atoms with Crippen LogP contribution in [0.5, 0.6) is 0 Å². The quantitative estimate of drug-likeness (QED) is 0.313. The molecule has 0 amide bonds. The fourth-order valence-electron chi connectivity index (χ4n) is 5.46.